The van der Waals surface area contributed by atoms with Gasteiger partial charge in [0.05, 0.1) is 4.75 Å². The number of anilines is 1. The summed E-state index contributed by atoms with van der Waals surface area (Å²) in [5, 5.41) is 9.35. The van der Waals surface area contributed by atoms with Crippen LogP contribution in [0.5, 0.6) is 0 Å². The first kappa shape index (κ1) is 19.1. The first-order valence-electron chi connectivity index (χ1n) is 8.59. The number of benzene rings is 1. The molecular weight excluding hydrogens is 364 g/mol. The number of carboxylic acids is 1. The van der Waals surface area contributed by atoms with Crippen LogP contribution in [0.2, 0.25) is 0 Å². The van der Waals surface area contributed by atoms with Gasteiger partial charge in [0.1, 0.15) is 6.04 Å². The van der Waals surface area contributed by atoms with Crippen LogP contribution in [0.15, 0.2) is 48.8 Å². The van der Waals surface area contributed by atoms with Crippen LogP contribution in [0.1, 0.15) is 36.2 Å². The fraction of sp³-hybridized carbons (Fsp3) is 0.300. The predicted molar refractivity (Wildman–Crippen MR) is 104 cm³/mol. The molecule has 1 aromatic heterocycles. The van der Waals surface area contributed by atoms with Gasteiger partial charge in [-0.15, -0.1) is 0 Å². The normalized spacial score (nSPS) is 16.5. The SMILES string of the molecule is CC(C)(SC(=O)c1cccnc1)C(=O)N1c2ccccc2CCC1C(=O)O. The molecule has 27 heavy (non-hydrogen) atoms. The van der Waals surface area contributed by atoms with Crippen molar-refractivity contribution in [3.05, 3.63) is 59.9 Å². The third-order valence-electron chi connectivity index (χ3n) is 4.51. The Kier molecular flexibility index (Phi) is 5.32. The molecule has 1 atom stereocenters. The monoisotopic (exact) mass is 384 g/mol. The average molecular weight is 384 g/mol. The Hall–Kier alpha value is -2.67. The molecule has 2 aromatic rings. The number of carboxylic acid groups (broad SMARTS) is 1. The summed E-state index contributed by atoms with van der Waals surface area (Å²) in [5.41, 5.74) is 1.93. The molecule has 3 rings (SSSR count). The molecule has 0 bridgehead atoms. The molecule has 140 valence electrons. The molecule has 2 heterocycles. The molecule has 1 aliphatic heterocycles. The maximum Gasteiger partial charge on any atom is 0.326 e. The topological polar surface area (TPSA) is 87.6 Å². The van der Waals surface area contributed by atoms with Crippen molar-refractivity contribution in [3.8, 4) is 0 Å². The van der Waals surface area contributed by atoms with Crippen molar-refractivity contribution in [1.82, 2.24) is 4.98 Å². The second-order valence-electron chi connectivity index (χ2n) is 6.84. The highest BCUT2D eigenvalue weighted by molar-refractivity contribution is 8.15. The number of fused-ring (bicyclic) bond motifs is 1. The van der Waals surface area contributed by atoms with Crippen LogP contribution >= 0.6 is 11.8 Å². The number of hydrogen-bond acceptors (Lipinski definition) is 5. The van der Waals surface area contributed by atoms with E-state index < -0.39 is 22.7 Å². The molecule has 0 saturated carbocycles. The van der Waals surface area contributed by atoms with Gasteiger partial charge in [0.2, 0.25) is 11.0 Å². The van der Waals surface area contributed by atoms with Crippen molar-refractivity contribution < 1.29 is 19.5 Å². The first-order valence-corrected chi connectivity index (χ1v) is 9.40. The quantitative estimate of drug-likeness (QED) is 0.871. The third-order valence-corrected chi connectivity index (χ3v) is 5.62. The Bertz CT molecular complexity index is 883. The maximum atomic E-state index is 13.3. The van der Waals surface area contributed by atoms with E-state index in [2.05, 4.69) is 4.98 Å². The maximum absolute atomic E-state index is 13.3. The van der Waals surface area contributed by atoms with Crippen molar-refractivity contribution >= 4 is 34.4 Å². The molecule has 0 aliphatic carbocycles. The molecule has 1 aliphatic rings. The lowest BCUT2D eigenvalue weighted by atomic mass is 9.94. The van der Waals surface area contributed by atoms with Gasteiger partial charge in [-0.2, -0.15) is 0 Å². The Morgan fingerprint density at radius 2 is 1.93 bits per heavy atom. The minimum absolute atomic E-state index is 0.279. The second-order valence-corrected chi connectivity index (χ2v) is 8.43. The molecule has 0 fully saturated rings. The molecular formula is C20H20N2O4S. The van der Waals surface area contributed by atoms with Crippen LogP contribution in [0.25, 0.3) is 0 Å². The average Bonchev–Trinajstić information content (AvgIpc) is 2.66. The number of rotatable bonds is 4. The minimum Gasteiger partial charge on any atom is -0.480 e. The van der Waals surface area contributed by atoms with Gasteiger partial charge >= 0.3 is 5.97 Å². The van der Waals surface area contributed by atoms with E-state index >= 15 is 0 Å². The molecule has 1 N–H and O–H groups in total. The number of aromatic nitrogens is 1. The Morgan fingerprint density at radius 1 is 1.19 bits per heavy atom. The molecule has 0 spiro atoms. The van der Waals surface area contributed by atoms with Crippen LogP contribution in [0, 0.1) is 0 Å². The second kappa shape index (κ2) is 7.52. The molecule has 6 nitrogen and oxygen atoms in total. The fourth-order valence-electron chi connectivity index (χ4n) is 3.14. The summed E-state index contributed by atoms with van der Waals surface area (Å²) in [5.74, 6) is -1.44. The van der Waals surface area contributed by atoms with Crippen molar-refractivity contribution in [2.75, 3.05) is 4.90 Å². The van der Waals surface area contributed by atoms with E-state index in [1.54, 1.807) is 44.3 Å². The van der Waals surface area contributed by atoms with Gasteiger partial charge < -0.3 is 5.11 Å². The third kappa shape index (κ3) is 3.88. The standard InChI is InChI=1S/C20H20N2O4S/c1-20(2,27-18(25)14-7-5-11-21-12-14)19(26)22-15-8-4-3-6-13(15)9-10-16(22)17(23)24/h3-8,11-12,16H,9-10H2,1-2H3,(H,23,24). The first-order chi connectivity index (χ1) is 12.8. The van der Waals surface area contributed by atoms with Gasteiger partial charge in [-0.1, -0.05) is 30.0 Å². The summed E-state index contributed by atoms with van der Waals surface area (Å²) in [4.78, 5) is 42.9. The Morgan fingerprint density at radius 3 is 2.59 bits per heavy atom. The number of thioether (sulfide) groups is 1. The van der Waals surface area contributed by atoms with Crippen molar-refractivity contribution in [1.29, 1.82) is 0 Å². The highest BCUT2D eigenvalue weighted by atomic mass is 32.2. The summed E-state index contributed by atoms with van der Waals surface area (Å²) >= 11 is 0.882. The number of nitrogens with zero attached hydrogens (tertiary/aromatic N) is 2. The number of hydrogen-bond donors (Lipinski definition) is 1. The molecule has 0 radical (unpaired) electrons. The molecule has 0 saturated heterocycles. The zero-order chi connectivity index (χ0) is 19.6. The predicted octanol–water partition coefficient (Wildman–Crippen LogP) is 3.17. The number of pyridine rings is 1. The Balaban J connectivity index is 1.91. The van der Waals surface area contributed by atoms with Gasteiger partial charge in [0, 0.05) is 23.6 Å². The van der Waals surface area contributed by atoms with Crippen molar-refractivity contribution in [3.63, 3.8) is 0 Å². The summed E-state index contributed by atoms with van der Waals surface area (Å²) < 4.78 is -1.13. The van der Waals surface area contributed by atoms with Crippen LogP contribution in [0.4, 0.5) is 5.69 Å². The van der Waals surface area contributed by atoms with E-state index in [0.29, 0.717) is 24.1 Å². The number of carbonyl (C=O) groups is 3. The van der Waals surface area contributed by atoms with E-state index in [-0.39, 0.29) is 5.12 Å². The number of aliphatic carboxylic acids is 1. The van der Waals surface area contributed by atoms with Gasteiger partial charge in [-0.05, 0) is 50.5 Å². The Labute approximate surface area is 161 Å². The van der Waals surface area contributed by atoms with Crippen LogP contribution in [-0.2, 0) is 16.0 Å². The lowest BCUT2D eigenvalue weighted by Gasteiger charge is -2.38. The highest BCUT2D eigenvalue weighted by Gasteiger charge is 2.43. The minimum atomic E-state index is -1.13. The summed E-state index contributed by atoms with van der Waals surface area (Å²) in [6.45, 7) is 3.29. The lowest BCUT2D eigenvalue weighted by Crippen LogP contribution is -2.54. The van der Waals surface area contributed by atoms with Gasteiger partial charge in [0.25, 0.3) is 0 Å². The summed E-state index contributed by atoms with van der Waals surface area (Å²) in [6, 6.07) is 9.66. The van der Waals surface area contributed by atoms with E-state index in [4.69, 9.17) is 0 Å². The van der Waals surface area contributed by atoms with Crippen molar-refractivity contribution in [2.45, 2.75) is 37.5 Å². The van der Waals surface area contributed by atoms with Gasteiger partial charge in [0.15, 0.2) is 0 Å². The van der Waals surface area contributed by atoms with Crippen LogP contribution in [-0.4, -0.2) is 37.9 Å². The van der Waals surface area contributed by atoms with Crippen LogP contribution in [0.3, 0.4) is 0 Å². The molecule has 1 aromatic carbocycles. The van der Waals surface area contributed by atoms with E-state index in [1.807, 2.05) is 12.1 Å². The number of carbonyl (C=O) groups excluding carboxylic acids is 2. The van der Waals surface area contributed by atoms with Crippen LogP contribution < -0.4 is 4.90 Å². The van der Waals surface area contributed by atoms with E-state index in [1.165, 1.54) is 11.1 Å². The molecule has 1 unspecified atom stereocenters. The zero-order valence-corrected chi connectivity index (χ0v) is 15.9. The van der Waals surface area contributed by atoms with Crippen molar-refractivity contribution in [2.24, 2.45) is 0 Å². The van der Waals surface area contributed by atoms with E-state index in [0.717, 1.165) is 17.3 Å². The number of amides is 1. The number of aryl methyl sites for hydroxylation is 1. The smallest absolute Gasteiger partial charge is 0.326 e. The lowest BCUT2D eigenvalue weighted by molar-refractivity contribution is -0.140. The summed E-state index contributed by atoms with van der Waals surface area (Å²) in [6.07, 6.45) is 3.96. The fourth-order valence-corrected chi connectivity index (χ4v) is 4.03. The highest BCUT2D eigenvalue weighted by Crippen LogP contribution is 2.37. The zero-order valence-electron chi connectivity index (χ0n) is 15.1. The molecule has 1 amide bonds. The van der Waals surface area contributed by atoms with Gasteiger partial charge in [-0.3, -0.25) is 19.5 Å². The largest absolute Gasteiger partial charge is 0.480 e. The van der Waals surface area contributed by atoms with Gasteiger partial charge in [-0.25, -0.2) is 4.79 Å². The summed E-state index contributed by atoms with van der Waals surface area (Å²) in [7, 11) is 0. The number of para-hydroxylation sites is 1. The molecule has 7 heteroatoms. The van der Waals surface area contributed by atoms with E-state index in [9.17, 15) is 19.5 Å².